The van der Waals surface area contributed by atoms with Gasteiger partial charge in [0.1, 0.15) is 29.1 Å². The number of halogens is 4. The van der Waals surface area contributed by atoms with E-state index in [4.69, 9.17) is 0 Å². The molecule has 0 spiro atoms. The molecule has 118 valence electrons. The van der Waals surface area contributed by atoms with Gasteiger partial charge >= 0.3 is 0 Å². The Kier molecular flexibility index (Phi) is 3.67. The summed E-state index contributed by atoms with van der Waals surface area (Å²) < 4.78 is 56.4. The van der Waals surface area contributed by atoms with E-state index in [-0.39, 0.29) is 5.69 Å². The van der Waals surface area contributed by atoms with E-state index in [9.17, 15) is 17.6 Å². The summed E-state index contributed by atoms with van der Waals surface area (Å²) in [5.74, 6) is -3.13. The number of nitrogens with zero attached hydrogens (tertiary/aromatic N) is 2. The lowest BCUT2D eigenvalue weighted by Crippen LogP contribution is -2.03. The van der Waals surface area contributed by atoms with Crippen LogP contribution in [0.2, 0.25) is 0 Å². The SMILES string of the molecule is Cc1nc(C)n(-c2cccc(F)c2)c1-c1c(F)cc(F)cc1F. The smallest absolute Gasteiger partial charge is 0.138 e. The van der Waals surface area contributed by atoms with Gasteiger partial charge in [-0.3, -0.25) is 4.57 Å². The average Bonchev–Trinajstić information content (AvgIpc) is 2.72. The molecule has 0 aliphatic rings. The second-order valence-corrected chi connectivity index (χ2v) is 5.15. The van der Waals surface area contributed by atoms with Crippen LogP contribution < -0.4 is 0 Å². The van der Waals surface area contributed by atoms with Crippen LogP contribution in [0, 0.1) is 37.1 Å². The molecule has 0 saturated carbocycles. The first-order chi connectivity index (χ1) is 10.9. The zero-order chi connectivity index (χ0) is 16.7. The van der Waals surface area contributed by atoms with Crippen molar-refractivity contribution in [2.24, 2.45) is 0 Å². The fourth-order valence-corrected chi connectivity index (χ4v) is 2.66. The molecule has 3 rings (SSSR count). The van der Waals surface area contributed by atoms with E-state index < -0.39 is 28.8 Å². The first-order valence-corrected chi connectivity index (χ1v) is 6.85. The second-order valence-electron chi connectivity index (χ2n) is 5.15. The standard InChI is InChI=1S/C17H12F4N2/c1-9-17(16-14(20)7-12(19)8-15(16)21)23(10(2)22-9)13-5-3-4-11(18)6-13/h3-8H,1-2H3. The van der Waals surface area contributed by atoms with Gasteiger partial charge in [-0.25, -0.2) is 22.5 Å². The van der Waals surface area contributed by atoms with Crippen molar-refractivity contribution in [3.05, 3.63) is 71.2 Å². The van der Waals surface area contributed by atoms with E-state index in [2.05, 4.69) is 4.98 Å². The Morgan fingerprint density at radius 1 is 0.870 bits per heavy atom. The average molecular weight is 320 g/mol. The van der Waals surface area contributed by atoms with Gasteiger partial charge in [0, 0.05) is 12.1 Å². The Balaban J connectivity index is 2.34. The van der Waals surface area contributed by atoms with Gasteiger partial charge in [-0.15, -0.1) is 0 Å². The number of hydrogen-bond donors (Lipinski definition) is 0. The van der Waals surface area contributed by atoms with Gasteiger partial charge < -0.3 is 0 Å². The predicted octanol–water partition coefficient (Wildman–Crippen LogP) is 4.71. The molecule has 0 aliphatic carbocycles. The molecule has 0 fully saturated rings. The molecule has 3 aromatic rings. The van der Waals surface area contributed by atoms with Gasteiger partial charge in [0.25, 0.3) is 0 Å². The molecule has 0 amide bonds. The van der Waals surface area contributed by atoms with E-state index in [1.54, 1.807) is 19.9 Å². The van der Waals surface area contributed by atoms with Gasteiger partial charge in [-0.2, -0.15) is 0 Å². The van der Waals surface area contributed by atoms with Crippen LogP contribution in [-0.2, 0) is 0 Å². The zero-order valence-corrected chi connectivity index (χ0v) is 12.4. The first kappa shape index (κ1) is 15.3. The van der Waals surface area contributed by atoms with Gasteiger partial charge in [-0.05, 0) is 32.0 Å². The quantitative estimate of drug-likeness (QED) is 0.625. The van der Waals surface area contributed by atoms with E-state index >= 15 is 0 Å². The zero-order valence-electron chi connectivity index (χ0n) is 12.4. The molecule has 0 bridgehead atoms. The minimum Gasteiger partial charge on any atom is -0.296 e. The van der Waals surface area contributed by atoms with Gasteiger partial charge in [0.05, 0.1) is 22.6 Å². The van der Waals surface area contributed by atoms with E-state index in [0.29, 0.717) is 29.3 Å². The fourth-order valence-electron chi connectivity index (χ4n) is 2.66. The Hall–Kier alpha value is -2.63. The molecule has 0 radical (unpaired) electrons. The highest BCUT2D eigenvalue weighted by Gasteiger charge is 2.22. The monoisotopic (exact) mass is 320 g/mol. The topological polar surface area (TPSA) is 17.8 Å². The van der Waals surface area contributed by atoms with Gasteiger partial charge in [0.15, 0.2) is 0 Å². The summed E-state index contributed by atoms with van der Waals surface area (Å²) >= 11 is 0. The highest BCUT2D eigenvalue weighted by Crippen LogP contribution is 2.32. The fraction of sp³-hybridized carbons (Fsp3) is 0.118. The summed E-state index contributed by atoms with van der Waals surface area (Å²) in [5, 5.41) is 0. The van der Waals surface area contributed by atoms with Gasteiger partial charge in [-0.1, -0.05) is 6.07 Å². The third kappa shape index (κ3) is 2.60. The maximum absolute atomic E-state index is 14.2. The molecule has 0 saturated heterocycles. The summed E-state index contributed by atoms with van der Waals surface area (Å²) in [5.41, 5.74) is 0.467. The van der Waals surface area contributed by atoms with Crippen molar-refractivity contribution in [1.82, 2.24) is 9.55 Å². The Labute approximate surface area is 130 Å². The summed E-state index contributed by atoms with van der Waals surface area (Å²) in [6.07, 6.45) is 0. The second kappa shape index (κ2) is 5.53. The minimum absolute atomic E-state index is 0.128. The predicted molar refractivity (Wildman–Crippen MR) is 78.3 cm³/mol. The van der Waals surface area contributed by atoms with Crippen LogP contribution >= 0.6 is 0 Å². The number of aryl methyl sites for hydroxylation is 2. The normalized spacial score (nSPS) is 11.0. The largest absolute Gasteiger partial charge is 0.296 e. The maximum Gasteiger partial charge on any atom is 0.138 e. The number of aromatic nitrogens is 2. The van der Waals surface area contributed by atoms with E-state index in [1.807, 2.05) is 0 Å². The summed E-state index contributed by atoms with van der Waals surface area (Å²) in [6.45, 7) is 3.22. The van der Waals surface area contributed by atoms with Crippen LogP contribution in [0.4, 0.5) is 17.6 Å². The molecule has 0 aliphatic heterocycles. The first-order valence-electron chi connectivity index (χ1n) is 6.85. The highest BCUT2D eigenvalue weighted by atomic mass is 19.1. The summed E-state index contributed by atoms with van der Waals surface area (Å²) in [7, 11) is 0. The Morgan fingerprint density at radius 2 is 1.52 bits per heavy atom. The van der Waals surface area contributed by atoms with Crippen molar-refractivity contribution in [3.8, 4) is 16.9 Å². The third-order valence-electron chi connectivity index (χ3n) is 3.53. The molecule has 23 heavy (non-hydrogen) atoms. The van der Waals surface area contributed by atoms with E-state index in [1.165, 1.54) is 22.8 Å². The van der Waals surface area contributed by atoms with Crippen molar-refractivity contribution in [3.63, 3.8) is 0 Å². The van der Waals surface area contributed by atoms with Crippen molar-refractivity contribution in [2.75, 3.05) is 0 Å². The van der Waals surface area contributed by atoms with Crippen molar-refractivity contribution >= 4 is 0 Å². The number of imidazole rings is 1. The molecular weight excluding hydrogens is 308 g/mol. The lowest BCUT2D eigenvalue weighted by atomic mass is 10.1. The number of rotatable bonds is 2. The summed E-state index contributed by atoms with van der Waals surface area (Å²) in [4.78, 5) is 4.21. The molecule has 6 heteroatoms. The van der Waals surface area contributed by atoms with Crippen LogP contribution in [0.15, 0.2) is 36.4 Å². The molecule has 0 N–H and O–H groups in total. The highest BCUT2D eigenvalue weighted by molar-refractivity contribution is 5.67. The molecule has 2 aromatic carbocycles. The van der Waals surface area contributed by atoms with Crippen LogP contribution in [0.5, 0.6) is 0 Å². The van der Waals surface area contributed by atoms with Crippen molar-refractivity contribution in [2.45, 2.75) is 13.8 Å². The van der Waals surface area contributed by atoms with Crippen molar-refractivity contribution < 1.29 is 17.6 Å². The molecule has 1 aromatic heterocycles. The number of hydrogen-bond acceptors (Lipinski definition) is 1. The van der Waals surface area contributed by atoms with E-state index in [0.717, 1.165) is 0 Å². The molecular formula is C17H12F4N2. The summed E-state index contributed by atoms with van der Waals surface area (Å²) in [6, 6.07) is 6.80. The lowest BCUT2D eigenvalue weighted by Gasteiger charge is -2.13. The minimum atomic E-state index is -1.04. The lowest BCUT2D eigenvalue weighted by molar-refractivity contribution is 0.547. The Morgan fingerprint density at radius 3 is 2.13 bits per heavy atom. The molecule has 1 heterocycles. The van der Waals surface area contributed by atoms with Crippen LogP contribution in [0.1, 0.15) is 11.5 Å². The van der Waals surface area contributed by atoms with Crippen LogP contribution in [0.25, 0.3) is 16.9 Å². The third-order valence-corrected chi connectivity index (χ3v) is 3.53. The molecule has 0 unspecified atom stereocenters. The Bertz CT molecular complexity index is 877. The maximum atomic E-state index is 14.2. The van der Waals surface area contributed by atoms with Crippen LogP contribution in [-0.4, -0.2) is 9.55 Å². The molecule has 0 atom stereocenters. The van der Waals surface area contributed by atoms with Gasteiger partial charge in [0.2, 0.25) is 0 Å². The molecule has 2 nitrogen and oxygen atoms in total. The van der Waals surface area contributed by atoms with Crippen molar-refractivity contribution in [1.29, 1.82) is 0 Å². The van der Waals surface area contributed by atoms with Crippen LogP contribution in [0.3, 0.4) is 0 Å². The number of benzene rings is 2.